The molecule has 0 aliphatic heterocycles. The largest absolute Gasteiger partial charge is 0.460 e. The number of alkyl halides is 17. The third-order valence-electron chi connectivity index (χ3n) is 3.96. The SMILES string of the molecule is FC(F)(F)C(F)(F)C(F)(F)C(F)(F)C(F)(F)C(F)(F)C(F)(F)C(F)(F)OCc1ccccc1. The maximum absolute atomic E-state index is 13.5. The second-order valence-corrected chi connectivity index (χ2v) is 6.24. The number of rotatable bonds is 9. The second-order valence-electron chi connectivity index (χ2n) is 6.24. The van der Waals surface area contributed by atoms with Crippen LogP contribution in [0.25, 0.3) is 0 Å². The van der Waals surface area contributed by atoms with Crippen LogP contribution in [0, 0.1) is 0 Å². The average Bonchev–Trinajstić information content (AvgIpc) is 2.65. The van der Waals surface area contributed by atoms with Gasteiger partial charge in [0.1, 0.15) is 0 Å². The Morgan fingerprint density at radius 2 is 0.788 bits per heavy atom. The molecule has 1 rings (SSSR count). The summed E-state index contributed by atoms with van der Waals surface area (Å²) in [6.45, 7) is -1.77. The monoisotopic (exact) mass is 526 g/mol. The molecule has 0 atom stereocenters. The van der Waals surface area contributed by atoms with Crippen molar-refractivity contribution < 1.29 is 79.4 Å². The van der Waals surface area contributed by atoms with Crippen molar-refractivity contribution in [3.05, 3.63) is 35.9 Å². The van der Waals surface area contributed by atoms with Crippen molar-refractivity contribution >= 4 is 0 Å². The van der Waals surface area contributed by atoms with Crippen molar-refractivity contribution in [3.8, 4) is 0 Å². The lowest BCUT2D eigenvalue weighted by molar-refractivity contribution is -0.478. The van der Waals surface area contributed by atoms with Gasteiger partial charge in [0.05, 0.1) is 6.61 Å². The highest BCUT2D eigenvalue weighted by Gasteiger charge is 2.95. The predicted molar refractivity (Wildman–Crippen MR) is 71.9 cm³/mol. The molecule has 0 amide bonds. The lowest BCUT2D eigenvalue weighted by Crippen LogP contribution is -2.74. The quantitative estimate of drug-likeness (QED) is 0.310. The minimum Gasteiger partial charge on any atom is -0.311 e. The van der Waals surface area contributed by atoms with Gasteiger partial charge >= 0.3 is 47.8 Å². The van der Waals surface area contributed by atoms with Crippen molar-refractivity contribution in [2.24, 2.45) is 0 Å². The summed E-state index contributed by atoms with van der Waals surface area (Å²) in [5, 5.41) is 0. The van der Waals surface area contributed by atoms with E-state index in [4.69, 9.17) is 0 Å². The van der Waals surface area contributed by atoms with Gasteiger partial charge in [-0.1, -0.05) is 30.3 Å². The Morgan fingerprint density at radius 1 is 0.455 bits per heavy atom. The zero-order valence-corrected chi connectivity index (χ0v) is 14.9. The summed E-state index contributed by atoms with van der Waals surface area (Å²) in [4.78, 5) is 0. The fourth-order valence-corrected chi connectivity index (χ4v) is 1.99. The van der Waals surface area contributed by atoms with Gasteiger partial charge in [-0.2, -0.15) is 74.6 Å². The van der Waals surface area contributed by atoms with E-state index in [1.54, 1.807) is 0 Å². The van der Waals surface area contributed by atoms with Gasteiger partial charge in [-0.25, -0.2) is 0 Å². The lowest BCUT2D eigenvalue weighted by atomic mass is 9.90. The molecule has 0 aliphatic carbocycles. The minimum atomic E-state index is -8.65. The molecule has 192 valence electrons. The molecule has 0 heterocycles. The number of ether oxygens (including phenoxy) is 1. The van der Waals surface area contributed by atoms with Crippen molar-refractivity contribution in [2.75, 3.05) is 0 Å². The molecule has 0 saturated carbocycles. The van der Waals surface area contributed by atoms with E-state index in [1.807, 2.05) is 0 Å². The van der Waals surface area contributed by atoms with Crippen LogP contribution in [0.5, 0.6) is 0 Å². The molecule has 0 N–H and O–H groups in total. The summed E-state index contributed by atoms with van der Waals surface area (Å²) in [7, 11) is 0. The highest BCUT2D eigenvalue weighted by atomic mass is 19.4. The van der Waals surface area contributed by atoms with Crippen LogP contribution in [0.1, 0.15) is 5.56 Å². The molecule has 0 aliphatic rings. The van der Waals surface area contributed by atoms with Crippen LogP contribution >= 0.6 is 0 Å². The Bertz CT molecular complexity index is 811. The Labute approximate surface area is 171 Å². The molecule has 0 bridgehead atoms. The number of hydrogen-bond donors (Lipinski definition) is 0. The van der Waals surface area contributed by atoms with Gasteiger partial charge in [0.2, 0.25) is 0 Å². The lowest BCUT2D eigenvalue weighted by Gasteiger charge is -2.42. The highest BCUT2D eigenvalue weighted by molar-refractivity contribution is 5.15. The molecular formula is C15H7F17O. The third-order valence-corrected chi connectivity index (χ3v) is 3.96. The first kappa shape index (κ1) is 29.0. The molecule has 0 saturated heterocycles. The summed E-state index contributed by atoms with van der Waals surface area (Å²) < 4.78 is 225. The maximum atomic E-state index is 13.5. The smallest absolute Gasteiger partial charge is 0.311 e. The minimum absolute atomic E-state index is 0.510. The van der Waals surface area contributed by atoms with Crippen molar-refractivity contribution in [1.82, 2.24) is 0 Å². The van der Waals surface area contributed by atoms with Gasteiger partial charge in [0.15, 0.2) is 0 Å². The van der Waals surface area contributed by atoms with Gasteiger partial charge in [0, 0.05) is 0 Å². The number of benzene rings is 1. The summed E-state index contributed by atoms with van der Waals surface area (Å²) in [5.74, 6) is -50.2. The summed E-state index contributed by atoms with van der Waals surface area (Å²) in [6, 6.07) is 4.95. The maximum Gasteiger partial charge on any atom is 0.460 e. The zero-order valence-electron chi connectivity index (χ0n) is 14.9. The molecule has 0 fully saturated rings. The van der Waals surface area contributed by atoms with E-state index >= 15 is 0 Å². The molecule has 0 unspecified atom stereocenters. The molecule has 1 nitrogen and oxygen atoms in total. The van der Waals surface area contributed by atoms with Gasteiger partial charge in [0.25, 0.3) is 0 Å². The fraction of sp³-hybridized carbons (Fsp3) is 0.600. The summed E-state index contributed by atoms with van der Waals surface area (Å²) >= 11 is 0. The van der Waals surface area contributed by atoms with Crippen LogP contribution < -0.4 is 0 Å². The zero-order chi connectivity index (χ0) is 26.5. The van der Waals surface area contributed by atoms with Crippen LogP contribution in [-0.4, -0.2) is 47.8 Å². The predicted octanol–water partition coefficient (Wildman–Crippen LogP) is 7.17. The molecule has 33 heavy (non-hydrogen) atoms. The van der Waals surface area contributed by atoms with Crippen LogP contribution in [0.3, 0.4) is 0 Å². The first-order chi connectivity index (χ1) is 14.3. The first-order valence-electron chi connectivity index (χ1n) is 7.72. The van der Waals surface area contributed by atoms with E-state index in [2.05, 4.69) is 4.74 Å². The van der Waals surface area contributed by atoms with Gasteiger partial charge in [-0.15, -0.1) is 0 Å². The van der Waals surface area contributed by atoms with Crippen LogP contribution in [0.2, 0.25) is 0 Å². The van der Waals surface area contributed by atoms with Crippen molar-refractivity contribution in [1.29, 1.82) is 0 Å². The Morgan fingerprint density at radius 3 is 1.15 bits per heavy atom. The van der Waals surface area contributed by atoms with Crippen LogP contribution in [-0.2, 0) is 11.3 Å². The van der Waals surface area contributed by atoms with E-state index in [9.17, 15) is 74.6 Å². The van der Waals surface area contributed by atoms with Crippen LogP contribution in [0.15, 0.2) is 30.3 Å². The normalized spacial score (nSPS) is 15.7. The Hall–Kier alpha value is -2.01. The second kappa shape index (κ2) is 8.04. The molecule has 0 spiro atoms. The fourth-order valence-electron chi connectivity index (χ4n) is 1.99. The summed E-state index contributed by atoms with van der Waals surface area (Å²) in [5.41, 5.74) is -0.510. The van der Waals surface area contributed by atoms with Crippen molar-refractivity contribution in [3.63, 3.8) is 0 Å². The average molecular weight is 526 g/mol. The summed E-state index contributed by atoms with van der Waals surface area (Å²) in [6.07, 6.45) is -14.6. The van der Waals surface area contributed by atoms with E-state index in [-0.39, 0.29) is 0 Å². The van der Waals surface area contributed by atoms with E-state index < -0.39 is 60.0 Å². The Balaban J connectivity index is 3.46. The van der Waals surface area contributed by atoms with Crippen molar-refractivity contribution in [2.45, 2.75) is 54.4 Å². The van der Waals surface area contributed by atoms with Gasteiger partial charge < -0.3 is 4.74 Å². The number of halogens is 17. The third kappa shape index (κ3) is 4.18. The first-order valence-corrected chi connectivity index (χ1v) is 7.72. The van der Waals surface area contributed by atoms with Gasteiger partial charge in [-0.05, 0) is 5.56 Å². The molecule has 0 radical (unpaired) electrons. The molecule has 1 aromatic rings. The standard InChI is InChI=1S/C15H7F17O/c16-8(17,10(20,21)12(24,25)14(28,29)30)9(18,19)11(22,23)13(26,27)15(31,32)33-6-7-4-2-1-3-5-7/h1-5H,6H2. The van der Waals surface area contributed by atoms with E-state index in [0.29, 0.717) is 0 Å². The molecule has 1 aromatic carbocycles. The van der Waals surface area contributed by atoms with E-state index in [0.717, 1.165) is 24.3 Å². The van der Waals surface area contributed by atoms with E-state index in [1.165, 1.54) is 6.07 Å². The molecule has 0 aromatic heterocycles. The molecule has 18 heteroatoms. The topological polar surface area (TPSA) is 9.23 Å². The Kier molecular flexibility index (Phi) is 7.07. The number of hydrogen-bond acceptors (Lipinski definition) is 1. The van der Waals surface area contributed by atoms with Gasteiger partial charge in [-0.3, -0.25) is 0 Å². The van der Waals surface area contributed by atoms with Crippen LogP contribution in [0.4, 0.5) is 74.6 Å². The highest BCUT2D eigenvalue weighted by Crippen LogP contribution is 2.64. The molecular weight excluding hydrogens is 519 g/mol.